The Morgan fingerprint density at radius 3 is 2.41 bits per heavy atom. The highest BCUT2D eigenvalue weighted by Gasteiger charge is 2.17. The van der Waals surface area contributed by atoms with Crippen LogP contribution in [-0.2, 0) is 9.71 Å². The number of rotatable bonds is 4. The molecule has 0 spiro atoms. The minimum atomic E-state index is -2.57. The van der Waals surface area contributed by atoms with Crippen LogP contribution in [0.5, 0.6) is 0 Å². The van der Waals surface area contributed by atoms with Gasteiger partial charge in [-0.3, -0.25) is 0 Å². The van der Waals surface area contributed by atoms with Crippen LogP contribution >= 0.6 is 23.2 Å². The molecule has 2 nitrogen and oxygen atoms in total. The van der Waals surface area contributed by atoms with Crippen molar-refractivity contribution >= 4 is 38.8 Å². The lowest BCUT2D eigenvalue weighted by Crippen LogP contribution is -2.23. The first-order valence-electron chi connectivity index (χ1n) is 5.41. The number of halogens is 2. The molecule has 17 heavy (non-hydrogen) atoms. The highest BCUT2D eigenvalue weighted by molar-refractivity contribution is 7.98. The van der Waals surface area contributed by atoms with E-state index in [4.69, 9.17) is 23.2 Å². The number of benzene rings is 1. The van der Waals surface area contributed by atoms with Gasteiger partial charge in [-0.25, -0.2) is 8.93 Å². The van der Waals surface area contributed by atoms with Gasteiger partial charge >= 0.3 is 0 Å². The second kappa shape index (κ2) is 5.61. The summed E-state index contributed by atoms with van der Waals surface area (Å²) in [7, 11) is -2.57. The molecule has 0 aliphatic carbocycles. The van der Waals surface area contributed by atoms with E-state index >= 15 is 0 Å². The van der Waals surface area contributed by atoms with Crippen molar-refractivity contribution in [2.75, 3.05) is 6.54 Å². The van der Waals surface area contributed by atoms with Gasteiger partial charge in [-0.05, 0) is 23.4 Å². The standard InChI is InChI=1S/C12H17Cl2NOS/c1-5-15-17(4,16)10-7-6-9(8(2)3)11(13)12(10)14/h6-8H,4-5H2,1-3H3,(H,15,16). The summed E-state index contributed by atoms with van der Waals surface area (Å²) in [5, 5.41) is 0.798. The van der Waals surface area contributed by atoms with Gasteiger partial charge in [-0.1, -0.05) is 50.0 Å². The third-order valence-corrected chi connectivity index (χ3v) is 5.25. The fourth-order valence-corrected chi connectivity index (χ4v) is 3.84. The summed E-state index contributed by atoms with van der Waals surface area (Å²) in [4.78, 5) is 0.468. The Morgan fingerprint density at radius 1 is 1.35 bits per heavy atom. The maximum Gasteiger partial charge on any atom is 0.0763 e. The topological polar surface area (TPSA) is 29.1 Å². The van der Waals surface area contributed by atoms with Crippen LogP contribution in [0.2, 0.25) is 10.0 Å². The van der Waals surface area contributed by atoms with Crippen LogP contribution in [0.25, 0.3) is 0 Å². The third kappa shape index (κ3) is 3.16. The van der Waals surface area contributed by atoms with Crippen molar-refractivity contribution in [1.29, 1.82) is 0 Å². The van der Waals surface area contributed by atoms with Crippen LogP contribution in [-0.4, -0.2) is 16.6 Å². The second-order valence-corrected chi connectivity index (χ2v) is 6.94. The summed E-state index contributed by atoms with van der Waals surface area (Å²) in [5.41, 5.74) is 0.951. The van der Waals surface area contributed by atoms with Crippen LogP contribution in [0, 0.1) is 0 Å². The summed E-state index contributed by atoms with van der Waals surface area (Å²) < 4.78 is 15.1. The van der Waals surface area contributed by atoms with Gasteiger partial charge in [0.05, 0.1) is 24.6 Å². The zero-order chi connectivity index (χ0) is 13.2. The smallest absolute Gasteiger partial charge is 0.0763 e. The molecule has 1 unspecified atom stereocenters. The first-order valence-corrected chi connectivity index (χ1v) is 7.89. The van der Waals surface area contributed by atoms with Crippen LogP contribution in [0.1, 0.15) is 32.3 Å². The lowest BCUT2D eigenvalue weighted by molar-refractivity contribution is 0.672. The molecule has 0 heterocycles. The molecule has 0 bridgehead atoms. The molecule has 0 aliphatic rings. The normalized spacial score (nSPS) is 14.9. The molecular weight excluding hydrogens is 277 g/mol. The molecule has 0 aromatic heterocycles. The maximum atomic E-state index is 12.3. The van der Waals surface area contributed by atoms with E-state index in [2.05, 4.69) is 10.6 Å². The van der Waals surface area contributed by atoms with Crippen molar-refractivity contribution in [2.45, 2.75) is 31.6 Å². The van der Waals surface area contributed by atoms with E-state index in [-0.39, 0.29) is 5.92 Å². The summed E-state index contributed by atoms with van der Waals surface area (Å²) in [6.07, 6.45) is 0. The molecular formula is C12H17Cl2NOS. The SMILES string of the molecule is C=S(=O)(NCC)c1ccc(C(C)C)c(Cl)c1Cl. The van der Waals surface area contributed by atoms with E-state index in [0.29, 0.717) is 21.5 Å². The first-order chi connectivity index (χ1) is 7.81. The predicted octanol–water partition coefficient (Wildman–Crippen LogP) is 3.72. The average molecular weight is 294 g/mol. The molecule has 0 saturated carbocycles. The van der Waals surface area contributed by atoms with E-state index in [1.165, 1.54) is 0 Å². The molecule has 0 amide bonds. The van der Waals surface area contributed by atoms with Crippen LogP contribution < -0.4 is 4.72 Å². The molecule has 1 aromatic rings. The molecule has 0 saturated heterocycles. The van der Waals surface area contributed by atoms with E-state index < -0.39 is 9.71 Å². The van der Waals surface area contributed by atoms with Crippen LogP contribution in [0.15, 0.2) is 17.0 Å². The van der Waals surface area contributed by atoms with E-state index in [1.807, 2.05) is 26.8 Å². The van der Waals surface area contributed by atoms with Gasteiger partial charge in [0.15, 0.2) is 0 Å². The van der Waals surface area contributed by atoms with Crippen LogP contribution in [0.4, 0.5) is 0 Å². The lowest BCUT2D eigenvalue weighted by atomic mass is 10.0. The van der Waals surface area contributed by atoms with Gasteiger partial charge in [0.2, 0.25) is 0 Å². The van der Waals surface area contributed by atoms with Crippen molar-refractivity contribution in [3.8, 4) is 0 Å². The van der Waals surface area contributed by atoms with Crippen molar-refractivity contribution in [3.05, 3.63) is 27.7 Å². The lowest BCUT2D eigenvalue weighted by Gasteiger charge is -2.16. The summed E-state index contributed by atoms with van der Waals surface area (Å²) >= 11 is 12.4. The average Bonchev–Trinajstić information content (AvgIpc) is 2.20. The Kier molecular flexibility index (Phi) is 4.90. The molecule has 1 aromatic carbocycles. The van der Waals surface area contributed by atoms with Crippen molar-refractivity contribution in [3.63, 3.8) is 0 Å². The molecule has 1 atom stereocenters. The third-order valence-electron chi connectivity index (χ3n) is 2.43. The molecule has 0 radical (unpaired) electrons. The highest BCUT2D eigenvalue weighted by atomic mass is 35.5. The minimum absolute atomic E-state index is 0.272. The summed E-state index contributed by atoms with van der Waals surface area (Å²) in [5.74, 6) is 3.95. The Hall–Kier alpha value is -0.220. The van der Waals surface area contributed by atoms with Gasteiger partial charge in [0.25, 0.3) is 0 Å². The Labute approximate surface area is 113 Å². The Balaban J connectivity index is 3.36. The Morgan fingerprint density at radius 2 is 1.94 bits per heavy atom. The molecule has 96 valence electrons. The fraction of sp³-hybridized carbons (Fsp3) is 0.417. The zero-order valence-corrected chi connectivity index (χ0v) is 12.5. The van der Waals surface area contributed by atoms with Gasteiger partial charge < -0.3 is 0 Å². The number of nitrogens with one attached hydrogen (secondary N) is 1. The summed E-state index contributed by atoms with van der Waals surface area (Å²) in [6, 6.07) is 3.60. The Bertz CT molecular complexity index is 509. The molecule has 5 heteroatoms. The van der Waals surface area contributed by atoms with Crippen LogP contribution in [0.3, 0.4) is 0 Å². The first kappa shape index (κ1) is 14.8. The predicted molar refractivity (Wildman–Crippen MR) is 77.8 cm³/mol. The summed E-state index contributed by atoms with van der Waals surface area (Å²) in [6.45, 7) is 6.48. The van der Waals surface area contributed by atoms with Gasteiger partial charge in [-0.2, -0.15) is 0 Å². The number of hydrogen-bond donors (Lipinski definition) is 1. The van der Waals surface area contributed by atoms with Crippen molar-refractivity contribution in [1.82, 2.24) is 4.72 Å². The largest absolute Gasteiger partial charge is 0.248 e. The number of hydrogen-bond acceptors (Lipinski definition) is 1. The molecule has 0 fully saturated rings. The molecule has 0 aliphatic heterocycles. The maximum absolute atomic E-state index is 12.3. The van der Waals surface area contributed by atoms with Gasteiger partial charge in [0, 0.05) is 6.54 Å². The minimum Gasteiger partial charge on any atom is -0.248 e. The molecule has 1 N–H and O–H groups in total. The zero-order valence-electron chi connectivity index (χ0n) is 10.2. The van der Waals surface area contributed by atoms with Crippen molar-refractivity contribution < 1.29 is 4.21 Å². The monoisotopic (exact) mass is 293 g/mol. The fourth-order valence-electron chi connectivity index (χ4n) is 1.56. The van der Waals surface area contributed by atoms with E-state index in [9.17, 15) is 4.21 Å². The quantitative estimate of drug-likeness (QED) is 0.843. The second-order valence-electron chi connectivity index (χ2n) is 4.11. The van der Waals surface area contributed by atoms with Gasteiger partial charge in [0.1, 0.15) is 0 Å². The molecule has 1 rings (SSSR count). The van der Waals surface area contributed by atoms with Gasteiger partial charge in [-0.15, -0.1) is 0 Å². The van der Waals surface area contributed by atoms with Crippen molar-refractivity contribution in [2.24, 2.45) is 0 Å². The van der Waals surface area contributed by atoms with E-state index in [1.54, 1.807) is 6.07 Å². The highest BCUT2D eigenvalue weighted by Crippen LogP contribution is 2.35. The van der Waals surface area contributed by atoms with E-state index in [0.717, 1.165) is 5.56 Å².